The van der Waals surface area contributed by atoms with E-state index in [0.717, 1.165) is 63.5 Å². The lowest BCUT2D eigenvalue weighted by Gasteiger charge is -2.64. The summed E-state index contributed by atoms with van der Waals surface area (Å²) in [5.41, 5.74) is 0.661. The molecule has 13 heteroatoms. The molecule has 4 aliphatic heterocycles. The van der Waals surface area contributed by atoms with Gasteiger partial charge in [0.25, 0.3) is 6.48 Å². The van der Waals surface area contributed by atoms with E-state index in [0.29, 0.717) is 30.3 Å². The number of fused-ring (bicyclic) bond motifs is 5. The molecule has 20 atom stereocenters. The Kier molecular flexibility index (Phi) is 10.9. The smallest absolute Gasteiger partial charge is 0.274 e. The SMILES string of the molecule is C=C1C=C([C@H]2CC[C@]3(O)C4CC[C@@H]5C[C@@H](O[C@H]6C[C@H](O)[C@H](O[C@@H]7O[C@H](C)[C@@H](O[C@H]8C[C@H](O)[C@H](O)[C@@H](C)O8)[C@@H](O)O7)[C@@H](C)O6)CC[C@]5(C)[C@H]4CC[C@]23C)CO1. The summed E-state index contributed by atoms with van der Waals surface area (Å²) in [4.78, 5) is 0. The Morgan fingerprint density at radius 2 is 1.44 bits per heavy atom. The molecule has 5 N–H and O–H groups in total. The molecular formula is C41H64O13. The summed E-state index contributed by atoms with van der Waals surface area (Å²) < 4.78 is 47.6. The molecule has 0 aromatic rings. The van der Waals surface area contributed by atoms with Gasteiger partial charge in [0.15, 0.2) is 18.9 Å². The zero-order valence-electron chi connectivity index (χ0n) is 32.6. The van der Waals surface area contributed by atoms with E-state index < -0.39 is 79.8 Å². The fourth-order valence-corrected chi connectivity index (χ4v) is 12.5. The molecule has 3 saturated heterocycles. The fraction of sp³-hybridized carbons (Fsp3) is 0.902. The highest BCUT2D eigenvalue weighted by molar-refractivity contribution is 5.30. The Bertz CT molecular complexity index is 1370. The minimum Gasteiger partial charge on any atom is -0.490 e. The first-order valence-electron chi connectivity index (χ1n) is 20.6. The van der Waals surface area contributed by atoms with Crippen LogP contribution in [0.1, 0.15) is 105 Å². The monoisotopic (exact) mass is 764 g/mol. The van der Waals surface area contributed by atoms with E-state index in [9.17, 15) is 25.5 Å². The van der Waals surface area contributed by atoms with E-state index in [-0.39, 0.29) is 29.8 Å². The topological polar surface area (TPSA) is 175 Å². The van der Waals surface area contributed by atoms with Crippen LogP contribution in [0.3, 0.4) is 0 Å². The van der Waals surface area contributed by atoms with Crippen LogP contribution in [0.15, 0.2) is 24.0 Å². The molecule has 0 amide bonds. The molecule has 8 aliphatic rings. The Hall–Kier alpha value is -1.20. The predicted octanol–water partition coefficient (Wildman–Crippen LogP) is 3.78. The molecule has 0 spiro atoms. The van der Waals surface area contributed by atoms with Crippen molar-refractivity contribution >= 4 is 0 Å². The van der Waals surface area contributed by atoms with Gasteiger partial charge >= 0.3 is 0 Å². The van der Waals surface area contributed by atoms with Crippen molar-refractivity contribution in [2.75, 3.05) is 6.61 Å². The maximum atomic E-state index is 12.6. The summed E-state index contributed by atoms with van der Waals surface area (Å²) in [7, 11) is 0. The van der Waals surface area contributed by atoms with Gasteiger partial charge in [-0.2, -0.15) is 0 Å². The van der Waals surface area contributed by atoms with Crippen molar-refractivity contribution in [2.24, 2.45) is 34.5 Å². The molecular weight excluding hydrogens is 700 g/mol. The maximum Gasteiger partial charge on any atom is 0.274 e. The summed E-state index contributed by atoms with van der Waals surface area (Å²) in [6, 6.07) is 0. The Morgan fingerprint density at radius 1 is 0.722 bits per heavy atom. The molecule has 0 aromatic heterocycles. The molecule has 8 rings (SSSR count). The lowest BCUT2D eigenvalue weighted by atomic mass is 9.43. The molecule has 0 aromatic carbocycles. The van der Waals surface area contributed by atoms with Gasteiger partial charge in [-0.05, 0) is 119 Å². The molecule has 4 heterocycles. The summed E-state index contributed by atoms with van der Waals surface area (Å²) in [5, 5.41) is 54.7. The number of ether oxygens (including phenoxy) is 8. The molecule has 4 saturated carbocycles. The van der Waals surface area contributed by atoms with Gasteiger partial charge in [0.05, 0.1) is 42.2 Å². The van der Waals surface area contributed by atoms with Gasteiger partial charge in [0.2, 0.25) is 0 Å². The van der Waals surface area contributed by atoms with Crippen molar-refractivity contribution in [1.29, 1.82) is 0 Å². The number of rotatable bonds is 7. The van der Waals surface area contributed by atoms with Crippen molar-refractivity contribution in [3.05, 3.63) is 24.0 Å². The summed E-state index contributed by atoms with van der Waals surface area (Å²) in [6.45, 7) is 13.3. The van der Waals surface area contributed by atoms with Gasteiger partial charge in [-0.15, -0.1) is 0 Å². The standard InChI is InChI=1S/C41H64O13/c1-20-15-24(19-47-20)27-11-14-41(46)29-8-7-25-16-26(9-12-39(25,5)28(29)10-13-40(27,41)6)51-32-18-31(43)35(22(3)49-32)53-38-50-23(4)36(37(45)54-38)52-33-17-30(42)34(44)21(2)48-33/h15,21-23,25-38,42-46H,1,7-14,16-19H2,2-6H3/t21-,22-,23-,25-,26+,27-,28+,29?,30+,31+,32+,33+,34-,35-,36-,37+,38+,39+,40-,41+/m1/s1. The van der Waals surface area contributed by atoms with Gasteiger partial charge in [-0.3, -0.25) is 4.74 Å². The molecule has 0 bridgehead atoms. The molecule has 0 radical (unpaired) electrons. The van der Waals surface area contributed by atoms with Crippen LogP contribution < -0.4 is 0 Å². The third-order valence-electron chi connectivity index (χ3n) is 15.6. The molecule has 7 fully saturated rings. The maximum absolute atomic E-state index is 12.6. The molecule has 13 nitrogen and oxygen atoms in total. The van der Waals surface area contributed by atoms with Crippen LogP contribution in [0.25, 0.3) is 0 Å². The first-order chi connectivity index (χ1) is 25.6. The van der Waals surface area contributed by atoms with Gasteiger partial charge in [0.1, 0.15) is 30.7 Å². The number of allylic oxidation sites excluding steroid dienone is 1. The largest absolute Gasteiger partial charge is 0.490 e. The minimum absolute atomic E-state index is 0.0233. The number of aliphatic hydroxyl groups excluding tert-OH is 4. The average Bonchev–Trinajstić information content (AvgIpc) is 3.66. The number of aliphatic hydroxyl groups is 5. The highest BCUT2D eigenvalue weighted by Crippen LogP contribution is 2.70. The third kappa shape index (κ3) is 6.83. The Labute approximate surface area is 319 Å². The second-order valence-corrected chi connectivity index (χ2v) is 18.5. The van der Waals surface area contributed by atoms with Gasteiger partial charge in [0, 0.05) is 18.3 Å². The van der Waals surface area contributed by atoms with E-state index in [1.54, 1.807) is 13.8 Å². The van der Waals surface area contributed by atoms with Gasteiger partial charge in [-0.25, -0.2) is 0 Å². The van der Waals surface area contributed by atoms with E-state index in [4.69, 9.17) is 37.9 Å². The lowest BCUT2D eigenvalue weighted by Crippen LogP contribution is -2.62. The third-order valence-corrected chi connectivity index (χ3v) is 15.6. The summed E-state index contributed by atoms with van der Waals surface area (Å²) in [6.07, 6.45) is 2.06. The highest BCUT2D eigenvalue weighted by Gasteiger charge is 2.67. The first-order valence-corrected chi connectivity index (χ1v) is 20.6. The fourth-order valence-electron chi connectivity index (χ4n) is 12.5. The molecule has 306 valence electrons. The second kappa shape index (κ2) is 14.9. The van der Waals surface area contributed by atoms with Crippen LogP contribution >= 0.6 is 0 Å². The summed E-state index contributed by atoms with van der Waals surface area (Å²) in [5.74, 6) is 2.39. The van der Waals surface area contributed by atoms with Gasteiger partial charge < -0.3 is 58.7 Å². The van der Waals surface area contributed by atoms with Gasteiger partial charge in [-0.1, -0.05) is 20.4 Å². The summed E-state index contributed by atoms with van der Waals surface area (Å²) >= 11 is 0. The Balaban J connectivity index is 0.826. The highest BCUT2D eigenvalue weighted by atomic mass is 16.9. The van der Waals surface area contributed by atoms with Crippen molar-refractivity contribution in [3.63, 3.8) is 0 Å². The number of hydrogen-bond donors (Lipinski definition) is 5. The van der Waals surface area contributed by atoms with Crippen LogP contribution in [-0.2, 0) is 37.9 Å². The quantitative estimate of drug-likeness (QED) is 0.237. The Morgan fingerprint density at radius 3 is 2.15 bits per heavy atom. The van der Waals surface area contributed by atoms with Crippen molar-refractivity contribution in [3.8, 4) is 0 Å². The van der Waals surface area contributed by atoms with E-state index >= 15 is 0 Å². The second-order valence-electron chi connectivity index (χ2n) is 18.5. The van der Waals surface area contributed by atoms with Crippen LogP contribution in [0.2, 0.25) is 0 Å². The molecule has 1 unspecified atom stereocenters. The lowest BCUT2D eigenvalue weighted by molar-refractivity contribution is -0.437. The van der Waals surface area contributed by atoms with E-state index in [2.05, 4.69) is 26.5 Å². The molecule has 4 aliphatic carbocycles. The molecule has 54 heavy (non-hydrogen) atoms. The van der Waals surface area contributed by atoms with E-state index in [1.807, 2.05) is 6.92 Å². The van der Waals surface area contributed by atoms with E-state index in [1.165, 1.54) is 5.57 Å². The number of hydrogen-bond acceptors (Lipinski definition) is 13. The van der Waals surface area contributed by atoms with Crippen LogP contribution in [0.5, 0.6) is 0 Å². The average molecular weight is 765 g/mol. The minimum atomic E-state index is -1.43. The predicted molar refractivity (Wildman–Crippen MR) is 192 cm³/mol. The zero-order valence-corrected chi connectivity index (χ0v) is 32.6. The first kappa shape index (κ1) is 39.6. The van der Waals surface area contributed by atoms with Crippen molar-refractivity contribution in [1.82, 2.24) is 0 Å². The van der Waals surface area contributed by atoms with Crippen molar-refractivity contribution < 1.29 is 63.4 Å². The zero-order chi connectivity index (χ0) is 38.3. The van der Waals surface area contributed by atoms with Crippen LogP contribution in [-0.4, -0.2) is 118 Å². The van der Waals surface area contributed by atoms with Crippen molar-refractivity contribution in [2.45, 2.75) is 191 Å². The normalized spacial score (nSPS) is 55.0. The van der Waals surface area contributed by atoms with Crippen LogP contribution in [0, 0.1) is 34.5 Å². The van der Waals surface area contributed by atoms with Crippen LogP contribution in [0.4, 0.5) is 0 Å².